The molecule has 2 nitrogen and oxygen atoms in total. The second-order valence-corrected chi connectivity index (χ2v) is 4.83. The normalized spacial score (nSPS) is 19.5. The fourth-order valence-electron chi connectivity index (χ4n) is 2.67. The van der Waals surface area contributed by atoms with Gasteiger partial charge < -0.3 is 4.74 Å². The van der Waals surface area contributed by atoms with E-state index in [1.807, 2.05) is 6.92 Å². The number of fused-ring (bicyclic) bond motifs is 1. The van der Waals surface area contributed by atoms with Crippen molar-refractivity contribution >= 4 is 5.78 Å². The molecule has 0 heterocycles. The number of carbonyl (C=O) groups is 1. The number of Topliss-reactive ketones (excluding diaryl/α,β-unsaturated/α-hetero) is 1. The summed E-state index contributed by atoms with van der Waals surface area (Å²) in [6.45, 7) is 6.21. The van der Waals surface area contributed by atoms with E-state index < -0.39 is 0 Å². The van der Waals surface area contributed by atoms with Crippen LogP contribution in [0.25, 0.3) is 0 Å². The van der Waals surface area contributed by atoms with E-state index in [-0.39, 0.29) is 5.78 Å². The van der Waals surface area contributed by atoms with E-state index in [0.29, 0.717) is 12.3 Å². The van der Waals surface area contributed by atoms with Gasteiger partial charge in [0.05, 0.1) is 12.7 Å². The Morgan fingerprint density at radius 2 is 1.94 bits per heavy atom. The third-order valence-corrected chi connectivity index (χ3v) is 3.37. The highest BCUT2D eigenvalue weighted by atomic mass is 16.5. The Labute approximate surface area is 96.6 Å². The minimum absolute atomic E-state index is 0.234. The lowest BCUT2D eigenvalue weighted by Gasteiger charge is -2.25. The van der Waals surface area contributed by atoms with Gasteiger partial charge >= 0.3 is 0 Å². The molecule has 0 aromatic heterocycles. The maximum atomic E-state index is 12.1. The molecule has 1 aromatic rings. The minimum atomic E-state index is 0.234. The van der Waals surface area contributed by atoms with Crippen molar-refractivity contribution in [1.29, 1.82) is 0 Å². The van der Waals surface area contributed by atoms with Crippen molar-refractivity contribution < 1.29 is 9.53 Å². The van der Waals surface area contributed by atoms with Crippen molar-refractivity contribution in [3.05, 3.63) is 28.3 Å². The zero-order chi connectivity index (χ0) is 11.9. The summed E-state index contributed by atoms with van der Waals surface area (Å²) in [5.74, 6) is 1.46. The number of hydrogen-bond donors (Lipinski definition) is 0. The molecule has 0 fully saturated rings. The second-order valence-electron chi connectivity index (χ2n) is 4.83. The number of aryl methyl sites for hydroxylation is 2. The fraction of sp³-hybridized carbons (Fsp3) is 0.500. The van der Waals surface area contributed by atoms with Gasteiger partial charge in [0.15, 0.2) is 5.78 Å². The van der Waals surface area contributed by atoms with Crippen LogP contribution in [0.4, 0.5) is 0 Å². The van der Waals surface area contributed by atoms with Gasteiger partial charge in [0.25, 0.3) is 0 Å². The number of hydrogen-bond acceptors (Lipinski definition) is 2. The molecule has 1 aliphatic carbocycles. The molecule has 0 bridgehead atoms. The molecule has 16 heavy (non-hydrogen) atoms. The van der Waals surface area contributed by atoms with Crippen LogP contribution in [-0.4, -0.2) is 12.9 Å². The zero-order valence-electron chi connectivity index (χ0n) is 10.4. The lowest BCUT2D eigenvalue weighted by Crippen LogP contribution is -2.20. The van der Waals surface area contributed by atoms with Crippen LogP contribution in [0.3, 0.4) is 0 Å². The van der Waals surface area contributed by atoms with E-state index in [1.54, 1.807) is 7.11 Å². The average molecular weight is 218 g/mol. The molecule has 1 atom stereocenters. The van der Waals surface area contributed by atoms with Gasteiger partial charge in [-0.15, -0.1) is 0 Å². The third kappa shape index (κ3) is 1.62. The molecule has 86 valence electrons. The molecule has 0 saturated carbocycles. The quantitative estimate of drug-likeness (QED) is 0.724. The molecule has 2 heteroatoms. The Bertz CT molecular complexity index is 447. The molecule has 2 rings (SSSR count). The number of methoxy groups -OCH3 is 1. The monoisotopic (exact) mass is 218 g/mol. The van der Waals surface area contributed by atoms with Gasteiger partial charge in [-0.1, -0.05) is 13.0 Å². The van der Waals surface area contributed by atoms with Gasteiger partial charge in [0, 0.05) is 6.42 Å². The zero-order valence-corrected chi connectivity index (χ0v) is 10.4. The van der Waals surface area contributed by atoms with Crippen molar-refractivity contribution in [1.82, 2.24) is 0 Å². The highest BCUT2D eigenvalue weighted by Gasteiger charge is 2.27. The van der Waals surface area contributed by atoms with Gasteiger partial charge in [-0.25, -0.2) is 0 Å². The average Bonchev–Trinajstić information content (AvgIpc) is 2.20. The van der Waals surface area contributed by atoms with Crippen LogP contribution in [0, 0.1) is 19.8 Å². The Morgan fingerprint density at radius 3 is 2.56 bits per heavy atom. The largest absolute Gasteiger partial charge is 0.496 e. The SMILES string of the molecule is COc1c(C)cc(C)c2c1C(=O)CC(C)C2. The maximum Gasteiger partial charge on any atom is 0.167 e. The first kappa shape index (κ1) is 11.2. The van der Waals surface area contributed by atoms with Gasteiger partial charge in [-0.3, -0.25) is 4.79 Å². The number of carbonyl (C=O) groups excluding carboxylic acids is 1. The Hall–Kier alpha value is -1.31. The molecule has 1 aromatic carbocycles. The topological polar surface area (TPSA) is 26.3 Å². The van der Waals surface area contributed by atoms with Crippen molar-refractivity contribution in [2.24, 2.45) is 5.92 Å². The number of benzene rings is 1. The van der Waals surface area contributed by atoms with Gasteiger partial charge in [-0.2, -0.15) is 0 Å². The summed E-state index contributed by atoms with van der Waals surface area (Å²) in [4.78, 5) is 12.1. The Balaban J connectivity index is 2.69. The first-order valence-corrected chi connectivity index (χ1v) is 5.74. The van der Waals surface area contributed by atoms with Crippen LogP contribution in [0.5, 0.6) is 5.75 Å². The lowest BCUT2D eigenvalue weighted by molar-refractivity contribution is 0.0949. The third-order valence-electron chi connectivity index (χ3n) is 3.37. The molecule has 0 amide bonds. The van der Waals surface area contributed by atoms with Crippen LogP contribution >= 0.6 is 0 Å². The second kappa shape index (κ2) is 3.93. The standard InChI is InChI=1S/C14H18O2/c1-8-5-11-9(2)7-10(3)14(16-4)13(11)12(15)6-8/h7-8H,5-6H2,1-4H3. The predicted molar refractivity (Wildman–Crippen MR) is 64.3 cm³/mol. The van der Waals surface area contributed by atoms with E-state index in [2.05, 4.69) is 19.9 Å². The first-order chi connectivity index (χ1) is 7.54. The Morgan fingerprint density at radius 1 is 1.25 bits per heavy atom. The molecular formula is C14H18O2. The number of rotatable bonds is 1. The molecule has 0 aliphatic heterocycles. The smallest absolute Gasteiger partial charge is 0.167 e. The fourth-order valence-corrected chi connectivity index (χ4v) is 2.67. The summed E-state index contributed by atoms with van der Waals surface area (Å²) in [5, 5.41) is 0. The van der Waals surface area contributed by atoms with E-state index in [1.165, 1.54) is 11.1 Å². The highest BCUT2D eigenvalue weighted by molar-refractivity contribution is 6.02. The summed E-state index contributed by atoms with van der Waals surface area (Å²) in [7, 11) is 1.64. The number of ketones is 1. The van der Waals surface area contributed by atoms with Gasteiger partial charge in [-0.05, 0) is 42.9 Å². The lowest BCUT2D eigenvalue weighted by atomic mass is 9.80. The summed E-state index contributed by atoms with van der Waals surface area (Å²) < 4.78 is 5.38. The molecule has 0 saturated heterocycles. The van der Waals surface area contributed by atoms with Gasteiger partial charge in [0.2, 0.25) is 0 Å². The van der Waals surface area contributed by atoms with Crippen molar-refractivity contribution in [3.8, 4) is 5.75 Å². The summed E-state index contributed by atoms with van der Waals surface area (Å²) >= 11 is 0. The Kier molecular flexibility index (Phi) is 2.75. The van der Waals surface area contributed by atoms with E-state index in [0.717, 1.165) is 23.3 Å². The van der Waals surface area contributed by atoms with Crippen LogP contribution in [0.1, 0.15) is 40.4 Å². The maximum absolute atomic E-state index is 12.1. The molecule has 1 aliphatic rings. The molecule has 0 spiro atoms. The highest BCUT2D eigenvalue weighted by Crippen LogP contribution is 2.36. The van der Waals surface area contributed by atoms with Crippen molar-refractivity contribution in [2.45, 2.75) is 33.6 Å². The minimum Gasteiger partial charge on any atom is -0.496 e. The first-order valence-electron chi connectivity index (χ1n) is 5.74. The molecular weight excluding hydrogens is 200 g/mol. The molecule has 0 radical (unpaired) electrons. The predicted octanol–water partition coefficient (Wildman–Crippen LogP) is 3.08. The van der Waals surface area contributed by atoms with Crippen LogP contribution < -0.4 is 4.74 Å². The summed E-state index contributed by atoms with van der Waals surface area (Å²) in [5.41, 5.74) is 4.29. The van der Waals surface area contributed by atoms with Crippen molar-refractivity contribution in [2.75, 3.05) is 7.11 Å². The summed E-state index contributed by atoms with van der Waals surface area (Å²) in [6, 6.07) is 2.11. The molecule has 0 N–H and O–H groups in total. The van der Waals surface area contributed by atoms with Crippen LogP contribution in [0.2, 0.25) is 0 Å². The number of ether oxygens (including phenoxy) is 1. The van der Waals surface area contributed by atoms with Crippen LogP contribution in [0.15, 0.2) is 6.07 Å². The molecule has 1 unspecified atom stereocenters. The van der Waals surface area contributed by atoms with E-state index >= 15 is 0 Å². The van der Waals surface area contributed by atoms with Crippen molar-refractivity contribution in [3.63, 3.8) is 0 Å². The van der Waals surface area contributed by atoms with E-state index in [9.17, 15) is 4.79 Å². The summed E-state index contributed by atoms with van der Waals surface area (Å²) in [6.07, 6.45) is 1.63. The van der Waals surface area contributed by atoms with Crippen LogP contribution in [-0.2, 0) is 6.42 Å². The van der Waals surface area contributed by atoms with Gasteiger partial charge in [0.1, 0.15) is 5.75 Å². The van der Waals surface area contributed by atoms with E-state index in [4.69, 9.17) is 4.74 Å².